The number of thioether (sulfide) groups is 1. The van der Waals surface area contributed by atoms with Gasteiger partial charge in [-0.1, -0.05) is 36.0 Å². The molecular weight excluding hydrogens is 422 g/mol. The van der Waals surface area contributed by atoms with E-state index >= 15 is 0 Å². The number of nitrogens with zero attached hydrogens (tertiary/aromatic N) is 3. The third kappa shape index (κ3) is 5.37. The van der Waals surface area contributed by atoms with E-state index in [1.54, 1.807) is 10.9 Å². The number of anilines is 1. The van der Waals surface area contributed by atoms with E-state index in [9.17, 15) is 9.59 Å². The molecule has 0 saturated heterocycles. The van der Waals surface area contributed by atoms with Crippen LogP contribution in [-0.2, 0) is 22.4 Å². The number of nitrogens with one attached hydrogen (secondary N) is 2. The lowest BCUT2D eigenvalue weighted by Crippen LogP contribution is -2.28. The molecule has 2 N–H and O–H groups in total. The second kappa shape index (κ2) is 9.99. The van der Waals surface area contributed by atoms with Crippen molar-refractivity contribution in [3.63, 3.8) is 0 Å². The van der Waals surface area contributed by atoms with Crippen LogP contribution in [0.3, 0.4) is 0 Å². The smallest absolute Gasteiger partial charge is 0.230 e. The van der Waals surface area contributed by atoms with Crippen molar-refractivity contribution in [1.29, 1.82) is 0 Å². The molecule has 0 bridgehead atoms. The fourth-order valence-corrected chi connectivity index (χ4v) is 4.70. The van der Waals surface area contributed by atoms with Gasteiger partial charge >= 0.3 is 0 Å². The number of hydrogen-bond donors (Lipinski definition) is 2. The molecule has 4 rings (SSSR count). The summed E-state index contributed by atoms with van der Waals surface area (Å²) >= 11 is 1.33. The van der Waals surface area contributed by atoms with Crippen molar-refractivity contribution < 1.29 is 9.59 Å². The van der Waals surface area contributed by atoms with Crippen LogP contribution in [0.15, 0.2) is 53.9 Å². The minimum Gasteiger partial charge on any atom is -0.349 e. The zero-order valence-electron chi connectivity index (χ0n) is 18.3. The second-order valence-corrected chi connectivity index (χ2v) is 8.97. The van der Waals surface area contributed by atoms with E-state index < -0.39 is 0 Å². The minimum absolute atomic E-state index is 0.0532. The topological polar surface area (TPSA) is 88.9 Å². The number of rotatable bonds is 7. The monoisotopic (exact) mass is 449 g/mol. The van der Waals surface area contributed by atoms with Crippen LogP contribution in [0.1, 0.15) is 49.4 Å². The van der Waals surface area contributed by atoms with Gasteiger partial charge in [0.15, 0.2) is 5.16 Å². The van der Waals surface area contributed by atoms with Gasteiger partial charge in [0.25, 0.3) is 0 Å². The summed E-state index contributed by atoms with van der Waals surface area (Å²) in [4.78, 5) is 23.9. The summed E-state index contributed by atoms with van der Waals surface area (Å²) < 4.78 is 1.80. The van der Waals surface area contributed by atoms with Gasteiger partial charge in [0.2, 0.25) is 11.8 Å². The van der Waals surface area contributed by atoms with Crippen LogP contribution < -0.4 is 10.6 Å². The molecule has 1 aliphatic carbocycles. The number of aromatic nitrogens is 3. The summed E-state index contributed by atoms with van der Waals surface area (Å²) in [6, 6.07) is 13.9. The summed E-state index contributed by atoms with van der Waals surface area (Å²) in [6.45, 7) is 3.49. The van der Waals surface area contributed by atoms with Crippen molar-refractivity contribution >= 4 is 29.3 Å². The lowest BCUT2D eigenvalue weighted by atomic mass is 9.89. The van der Waals surface area contributed by atoms with Crippen molar-refractivity contribution in [3.8, 4) is 5.69 Å². The summed E-state index contributed by atoms with van der Waals surface area (Å²) in [7, 11) is 0. The van der Waals surface area contributed by atoms with Crippen LogP contribution >= 0.6 is 11.8 Å². The summed E-state index contributed by atoms with van der Waals surface area (Å²) in [5.74, 6) is 0.0475. The first kappa shape index (κ1) is 22.1. The van der Waals surface area contributed by atoms with Crippen LogP contribution in [-0.4, -0.2) is 32.3 Å². The highest BCUT2D eigenvalue weighted by Crippen LogP contribution is 2.25. The highest BCUT2D eigenvalue weighted by atomic mass is 32.2. The molecule has 7 nitrogen and oxygen atoms in total. The number of carbonyl (C=O) groups is 2. The van der Waals surface area contributed by atoms with Gasteiger partial charge in [-0.2, -0.15) is 0 Å². The molecule has 2 aromatic carbocycles. The number of aryl methyl sites for hydroxylation is 2. The van der Waals surface area contributed by atoms with Gasteiger partial charge in [-0.15, -0.1) is 10.2 Å². The van der Waals surface area contributed by atoms with Gasteiger partial charge in [0.1, 0.15) is 6.33 Å². The van der Waals surface area contributed by atoms with Crippen molar-refractivity contribution in [2.75, 3.05) is 11.1 Å². The number of carbonyl (C=O) groups excluding carboxylic acids is 2. The molecule has 1 aromatic heterocycles. The predicted octanol–water partition coefficient (Wildman–Crippen LogP) is 4.07. The van der Waals surface area contributed by atoms with Crippen LogP contribution in [0.2, 0.25) is 0 Å². The first-order chi connectivity index (χ1) is 15.5. The Labute approximate surface area is 192 Å². The van der Waals surface area contributed by atoms with E-state index in [0.717, 1.165) is 24.1 Å². The molecule has 0 aliphatic heterocycles. The normalized spacial score (nSPS) is 13.8. The van der Waals surface area contributed by atoms with Crippen molar-refractivity contribution in [3.05, 3.63) is 65.5 Å². The Hall–Kier alpha value is -3.13. The Bertz CT molecular complexity index is 1130. The molecule has 2 amide bonds. The molecule has 0 fully saturated rings. The maximum Gasteiger partial charge on any atom is 0.230 e. The van der Waals surface area contributed by atoms with Crippen molar-refractivity contribution in [2.45, 2.75) is 50.7 Å². The maximum absolute atomic E-state index is 12.6. The Morgan fingerprint density at radius 2 is 1.94 bits per heavy atom. The number of hydrogen-bond acceptors (Lipinski definition) is 5. The van der Waals surface area contributed by atoms with Crippen LogP contribution in [0, 0.1) is 0 Å². The van der Waals surface area contributed by atoms with Gasteiger partial charge in [-0.25, -0.2) is 0 Å². The van der Waals surface area contributed by atoms with Gasteiger partial charge in [-0.3, -0.25) is 14.2 Å². The van der Waals surface area contributed by atoms with Crippen LogP contribution in [0.5, 0.6) is 0 Å². The number of benzene rings is 2. The van der Waals surface area contributed by atoms with Crippen LogP contribution in [0.4, 0.5) is 5.69 Å². The molecule has 166 valence electrons. The standard InChI is InChI=1S/C24H27N5O2S/c1-16(19-11-10-18-6-3-4-7-20(18)12-19)26-23(31)14-32-24-28-25-15-29(24)22-9-5-8-21(13-22)27-17(2)30/h5,8-13,15-16H,3-4,6-7,14H2,1-2H3,(H,26,31)(H,27,30). The summed E-state index contributed by atoms with van der Waals surface area (Å²) in [5.41, 5.74) is 5.50. The zero-order valence-corrected chi connectivity index (χ0v) is 19.1. The van der Waals surface area contributed by atoms with Crippen molar-refractivity contribution in [2.24, 2.45) is 0 Å². The largest absolute Gasteiger partial charge is 0.349 e. The number of amides is 2. The van der Waals surface area contributed by atoms with Crippen LogP contribution in [0.25, 0.3) is 5.69 Å². The highest BCUT2D eigenvalue weighted by Gasteiger charge is 2.16. The quantitative estimate of drug-likeness (QED) is 0.531. The molecule has 0 saturated carbocycles. The second-order valence-electron chi connectivity index (χ2n) is 8.03. The average molecular weight is 450 g/mol. The molecule has 0 radical (unpaired) electrons. The number of fused-ring (bicyclic) bond motifs is 1. The van der Waals surface area contributed by atoms with E-state index in [1.165, 1.54) is 42.7 Å². The molecule has 1 aliphatic rings. The average Bonchev–Trinajstić information content (AvgIpc) is 3.26. The van der Waals surface area contributed by atoms with Gasteiger partial charge in [0, 0.05) is 12.6 Å². The Kier molecular flexibility index (Phi) is 6.90. The molecule has 1 heterocycles. The lowest BCUT2D eigenvalue weighted by molar-refractivity contribution is -0.119. The SMILES string of the molecule is CC(=O)Nc1cccc(-n2cnnc2SCC(=O)NC(C)c2ccc3c(c2)CCCC3)c1. The van der Waals surface area contributed by atoms with Gasteiger partial charge in [0.05, 0.1) is 17.5 Å². The Morgan fingerprint density at radius 3 is 2.75 bits per heavy atom. The summed E-state index contributed by atoms with van der Waals surface area (Å²) in [6.07, 6.45) is 6.38. The molecular formula is C24H27N5O2S. The van der Waals surface area contributed by atoms with E-state index in [2.05, 4.69) is 39.0 Å². The third-order valence-electron chi connectivity index (χ3n) is 5.54. The summed E-state index contributed by atoms with van der Waals surface area (Å²) in [5, 5.41) is 14.6. The molecule has 1 unspecified atom stereocenters. The minimum atomic E-state index is -0.134. The predicted molar refractivity (Wildman–Crippen MR) is 126 cm³/mol. The molecule has 32 heavy (non-hydrogen) atoms. The molecule has 1 atom stereocenters. The van der Waals surface area contributed by atoms with E-state index in [4.69, 9.17) is 0 Å². The van der Waals surface area contributed by atoms with E-state index in [1.807, 2.05) is 31.2 Å². The lowest BCUT2D eigenvalue weighted by Gasteiger charge is -2.20. The van der Waals surface area contributed by atoms with E-state index in [0.29, 0.717) is 10.8 Å². The Balaban J connectivity index is 1.37. The molecule has 3 aromatic rings. The van der Waals surface area contributed by atoms with Gasteiger partial charge < -0.3 is 10.6 Å². The Morgan fingerprint density at radius 1 is 1.12 bits per heavy atom. The molecule has 8 heteroatoms. The highest BCUT2D eigenvalue weighted by molar-refractivity contribution is 7.99. The maximum atomic E-state index is 12.6. The third-order valence-corrected chi connectivity index (χ3v) is 6.49. The fourth-order valence-electron chi connectivity index (χ4n) is 3.96. The first-order valence-electron chi connectivity index (χ1n) is 10.8. The zero-order chi connectivity index (χ0) is 22.5. The van der Waals surface area contributed by atoms with Gasteiger partial charge in [-0.05, 0) is 67.5 Å². The fraction of sp³-hybridized carbons (Fsp3) is 0.333. The van der Waals surface area contributed by atoms with Crippen molar-refractivity contribution in [1.82, 2.24) is 20.1 Å². The first-order valence-corrected chi connectivity index (χ1v) is 11.8. The molecule has 0 spiro atoms. The van der Waals surface area contributed by atoms with E-state index in [-0.39, 0.29) is 23.6 Å².